The largest absolute Gasteiger partial charge is 0.478 e. The highest BCUT2D eigenvalue weighted by Crippen LogP contribution is 2.18. The number of rotatable bonds is 4. The molecule has 0 atom stereocenters. The van der Waals surface area contributed by atoms with Gasteiger partial charge in [-0.25, -0.2) is 9.78 Å². The minimum atomic E-state index is -0.948. The summed E-state index contributed by atoms with van der Waals surface area (Å²) in [5.41, 5.74) is 3.65. The zero-order valence-corrected chi connectivity index (χ0v) is 13.9. The van der Waals surface area contributed by atoms with Gasteiger partial charge in [-0.05, 0) is 42.3 Å². The Labute approximate surface area is 145 Å². The number of hydrogen-bond acceptors (Lipinski definition) is 3. The monoisotopic (exact) mass is 341 g/mol. The molecule has 0 spiro atoms. The molecular formula is C18H16ClN3O2. The van der Waals surface area contributed by atoms with Crippen molar-refractivity contribution in [2.24, 2.45) is 7.05 Å². The van der Waals surface area contributed by atoms with Crippen LogP contribution in [-0.2, 0) is 19.9 Å². The molecule has 24 heavy (non-hydrogen) atoms. The molecule has 0 aliphatic rings. The fraction of sp³-hybridized carbons (Fsp3) is 0.167. The number of benzene rings is 2. The first-order chi connectivity index (χ1) is 11.1. The summed E-state index contributed by atoms with van der Waals surface area (Å²) in [6.07, 6.45) is 1.56. The number of aromatic carboxylic acids is 1. The maximum atomic E-state index is 11.0. The van der Waals surface area contributed by atoms with Crippen LogP contribution < -0.4 is 0 Å². The van der Waals surface area contributed by atoms with Crippen molar-refractivity contribution in [3.63, 3.8) is 0 Å². The third-order valence-corrected chi connectivity index (χ3v) is 3.94. The Bertz CT molecular complexity index is 924. The van der Waals surface area contributed by atoms with Gasteiger partial charge in [-0.15, -0.1) is 12.4 Å². The average molecular weight is 342 g/mol. The van der Waals surface area contributed by atoms with Crippen molar-refractivity contribution in [1.29, 1.82) is 5.26 Å². The van der Waals surface area contributed by atoms with E-state index in [0.29, 0.717) is 11.1 Å². The van der Waals surface area contributed by atoms with E-state index >= 15 is 0 Å². The van der Waals surface area contributed by atoms with E-state index in [9.17, 15) is 4.79 Å². The highest BCUT2D eigenvalue weighted by atomic mass is 35.5. The van der Waals surface area contributed by atoms with Crippen LogP contribution in [0.3, 0.4) is 0 Å². The third kappa shape index (κ3) is 3.39. The summed E-state index contributed by atoms with van der Waals surface area (Å²) in [6.45, 7) is 0. The van der Waals surface area contributed by atoms with Gasteiger partial charge >= 0.3 is 5.97 Å². The van der Waals surface area contributed by atoms with Crippen molar-refractivity contribution in [1.82, 2.24) is 9.55 Å². The Morgan fingerprint density at radius 3 is 2.54 bits per heavy atom. The molecule has 6 heteroatoms. The number of aryl methyl sites for hydroxylation is 3. The number of nitriles is 1. The van der Waals surface area contributed by atoms with Crippen LogP contribution in [0.25, 0.3) is 11.0 Å². The zero-order valence-electron chi connectivity index (χ0n) is 13.1. The number of imidazole rings is 1. The van der Waals surface area contributed by atoms with E-state index in [2.05, 4.69) is 11.1 Å². The van der Waals surface area contributed by atoms with Gasteiger partial charge in [0.05, 0.1) is 28.2 Å². The fourth-order valence-corrected chi connectivity index (χ4v) is 2.61. The maximum absolute atomic E-state index is 11.0. The number of hydrogen-bond donors (Lipinski definition) is 1. The molecule has 122 valence electrons. The van der Waals surface area contributed by atoms with Gasteiger partial charge in [0.2, 0.25) is 0 Å². The second-order valence-corrected chi connectivity index (χ2v) is 5.40. The van der Waals surface area contributed by atoms with Crippen LogP contribution in [0, 0.1) is 11.3 Å². The lowest BCUT2D eigenvalue weighted by molar-refractivity contribution is 0.0697. The fourth-order valence-electron chi connectivity index (χ4n) is 2.61. The van der Waals surface area contributed by atoms with Crippen LogP contribution >= 0.6 is 12.4 Å². The Hall–Kier alpha value is -2.84. The van der Waals surface area contributed by atoms with E-state index in [1.54, 1.807) is 18.2 Å². The van der Waals surface area contributed by atoms with Crippen LogP contribution in [-0.4, -0.2) is 20.6 Å². The zero-order chi connectivity index (χ0) is 16.4. The van der Waals surface area contributed by atoms with Gasteiger partial charge < -0.3 is 9.67 Å². The SMILES string of the molecule is Cl.Cn1c(CCc2ccc(C#N)cc2)nc2cc(C(=O)O)ccc21. The van der Waals surface area contributed by atoms with E-state index in [1.165, 1.54) is 0 Å². The number of carboxylic acid groups (broad SMARTS) is 1. The van der Waals surface area contributed by atoms with Gasteiger partial charge in [0.15, 0.2) is 0 Å². The van der Waals surface area contributed by atoms with Gasteiger partial charge in [-0.1, -0.05) is 12.1 Å². The van der Waals surface area contributed by atoms with Crippen molar-refractivity contribution in [2.45, 2.75) is 12.8 Å². The van der Waals surface area contributed by atoms with Gasteiger partial charge in [-0.3, -0.25) is 0 Å². The molecule has 0 unspecified atom stereocenters. The summed E-state index contributed by atoms with van der Waals surface area (Å²) in [5.74, 6) is -0.0383. The molecule has 0 saturated carbocycles. The first-order valence-electron chi connectivity index (χ1n) is 7.26. The number of aromatic nitrogens is 2. The van der Waals surface area contributed by atoms with E-state index < -0.39 is 5.97 Å². The molecular weight excluding hydrogens is 326 g/mol. The molecule has 0 amide bonds. The summed E-state index contributed by atoms with van der Waals surface area (Å²) in [7, 11) is 1.93. The molecule has 3 rings (SSSR count). The number of carbonyl (C=O) groups is 1. The number of halogens is 1. The Balaban J connectivity index is 0.00000208. The first-order valence-corrected chi connectivity index (χ1v) is 7.26. The summed E-state index contributed by atoms with van der Waals surface area (Å²) in [4.78, 5) is 15.6. The lowest BCUT2D eigenvalue weighted by atomic mass is 10.1. The summed E-state index contributed by atoms with van der Waals surface area (Å²) < 4.78 is 1.99. The van der Waals surface area contributed by atoms with Crippen molar-refractivity contribution >= 4 is 29.4 Å². The Kier molecular flexibility index (Phi) is 5.22. The smallest absolute Gasteiger partial charge is 0.335 e. The maximum Gasteiger partial charge on any atom is 0.335 e. The molecule has 0 fully saturated rings. The minimum absolute atomic E-state index is 0. The quantitative estimate of drug-likeness (QED) is 0.789. The lowest BCUT2D eigenvalue weighted by Gasteiger charge is -2.03. The standard InChI is InChI=1S/C18H15N3O2.ClH/c1-21-16-8-7-14(18(22)23)10-15(16)20-17(21)9-6-12-2-4-13(11-19)5-3-12;/h2-5,7-8,10H,6,9H2,1H3,(H,22,23);1H. The topological polar surface area (TPSA) is 78.9 Å². The first kappa shape index (κ1) is 17.5. The summed E-state index contributed by atoms with van der Waals surface area (Å²) in [5, 5.41) is 17.9. The normalized spacial score (nSPS) is 10.2. The van der Waals surface area contributed by atoms with Crippen molar-refractivity contribution in [3.8, 4) is 6.07 Å². The highest BCUT2D eigenvalue weighted by Gasteiger charge is 2.11. The van der Waals surface area contributed by atoms with Crippen molar-refractivity contribution in [2.75, 3.05) is 0 Å². The average Bonchev–Trinajstić information content (AvgIpc) is 2.89. The molecule has 2 aromatic carbocycles. The Morgan fingerprint density at radius 2 is 1.92 bits per heavy atom. The number of carboxylic acids is 1. The van der Waals surface area contributed by atoms with Crippen LogP contribution in [0.4, 0.5) is 0 Å². The molecule has 3 aromatic rings. The molecule has 5 nitrogen and oxygen atoms in total. The number of nitrogens with zero attached hydrogens (tertiary/aromatic N) is 3. The highest BCUT2D eigenvalue weighted by molar-refractivity contribution is 5.92. The molecule has 0 aliphatic carbocycles. The second kappa shape index (κ2) is 7.16. The van der Waals surface area contributed by atoms with Crippen LogP contribution in [0.5, 0.6) is 0 Å². The molecule has 1 aromatic heterocycles. The van der Waals surface area contributed by atoms with Crippen LogP contribution in [0.15, 0.2) is 42.5 Å². The van der Waals surface area contributed by atoms with Crippen molar-refractivity contribution in [3.05, 3.63) is 65.0 Å². The summed E-state index contributed by atoms with van der Waals surface area (Å²) in [6, 6.07) is 14.6. The third-order valence-electron chi connectivity index (χ3n) is 3.94. The van der Waals surface area contributed by atoms with Gasteiger partial charge in [-0.2, -0.15) is 5.26 Å². The Morgan fingerprint density at radius 1 is 1.21 bits per heavy atom. The van der Waals surface area contributed by atoms with E-state index in [0.717, 1.165) is 29.7 Å². The van der Waals surface area contributed by atoms with E-state index in [-0.39, 0.29) is 18.0 Å². The predicted molar refractivity (Wildman–Crippen MR) is 93.5 cm³/mol. The van der Waals surface area contributed by atoms with Gasteiger partial charge in [0.1, 0.15) is 5.82 Å². The number of fused-ring (bicyclic) bond motifs is 1. The van der Waals surface area contributed by atoms with Crippen LogP contribution in [0.1, 0.15) is 27.3 Å². The molecule has 0 radical (unpaired) electrons. The van der Waals surface area contributed by atoms with Gasteiger partial charge in [0, 0.05) is 13.5 Å². The van der Waals surface area contributed by atoms with Crippen molar-refractivity contribution < 1.29 is 9.90 Å². The van der Waals surface area contributed by atoms with E-state index in [4.69, 9.17) is 10.4 Å². The summed E-state index contributed by atoms with van der Waals surface area (Å²) >= 11 is 0. The molecule has 1 heterocycles. The predicted octanol–water partition coefficient (Wildman–Crippen LogP) is 3.35. The van der Waals surface area contributed by atoms with E-state index in [1.807, 2.05) is 35.9 Å². The van der Waals surface area contributed by atoms with Crippen LogP contribution in [0.2, 0.25) is 0 Å². The molecule has 1 N–H and O–H groups in total. The molecule has 0 aliphatic heterocycles. The van der Waals surface area contributed by atoms with Gasteiger partial charge in [0.25, 0.3) is 0 Å². The second-order valence-electron chi connectivity index (χ2n) is 5.40. The lowest BCUT2D eigenvalue weighted by Crippen LogP contribution is -2.00. The molecule has 0 bridgehead atoms. The minimum Gasteiger partial charge on any atom is -0.478 e. The molecule has 0 saturated heterocycles.